The van der Waals surface area contributed by atoms with Crippen molar-refractivity contribution in [3.05, 3.63) is 88.9 Å². The SMILES string of the molecule is COc1ccc(C2=NN(C3=NC(=O)[C@H](CC(=O)Nc4cccc(Cl)c4)S3)[C@H](c3ccc(OC)cc3)C2)cc1. The van der Waals surface area contributed by atoms with E-state index in [2.05, 4.69) is 10.3 Å². The molecular weight excluding hydrogens is 524 g/mol. The van der Waals surface area contributed by atoms with E-state index in [0.717, 1.165) is 28.3 Å². The number of thioether (sulfide) groups is 1. The first-order valence-corrected chi connectivity index (χ1v) is 13.2. The number of methoxy groups -OCH3 is 2. The van der Waals surface area contributed by atoms with E-state index in [1.807, 2.05) is 48.5 Å². The van der Waals surface area contributed by atoms with Gasteiger partial charge in [0.25, 0.3) is 5.91 Å². The number of amidine groups is 1. The largest absolute Gasteiger partial charge is 0.497 e. The Bertz CT molecular complexity index is 1410. The molecular formula is C28H25ClN4O4S. The molecule has 0 fully saturated rings. The van der Waals surface area contributed by atoms with Crippen LogP contribution >= 0.6 is 23.4 Å². The molecule has 194 valence electrons. The average Bonchev–Trinajstić information content (AvgIpc) is 3.52. The highest BCUT2D eigenvalue weighted by Gasteiger charge is 2.39. The first-order valence-electron chi connectivity index (χ1n) is 11.9. The molecule has 3 aromatic carbocycles. The van der Waals surface area contributed by atoms with Crippen LogP contribution in [0.4, 0.5) is 5.69 Å². The molecule has 0 saturated carbocycles. The average molecular weight is 549 g/mol. The van der Waals surface area contributed by atoms with Gasteiger partial charge in [-0.3, -0.25) is 9.59 Å². The van der Waals surface area contributed by atoms with Crippen molar-refractivity contribution in [3.63, 3.8) is 0 Å². The Kier molecular flexibility index (Phi) is 7.67. The van der Waals surface area contributed by atoms with Crippen LogP contribution in [0.3, 0.4) is 0 Å². The lowest BCUT2D eigenvalue weighted by molar-refractivity contribution is -0.121. The number of aliphatic imine (C=N–C) groups is 1. The molecule has 0 unspecified atom stereocenters. The second-order valence-electron chi connectivity index (χ2n) is 8.71. The minimum atomic E-state index is -0.638. The van der Waals surface area contributed by atoms with Crippen LogP contribution in [-0.2, 0) is 9.59 Å². The van der Waals surface area contributed by atoms with Crippen molar-refractivity contribution in [2.45, 2.75) is 24.1 Å². The maximum Gasteiger partial charge on any atom is 0.262 e. The highest BCUT2D eigenvalue weighted by Crippen LogP contribution is 2.39. The zero-order chi connectivity index (χ0) is 26.6. The number of halogens is 1. The lowest BCUT2D eigenvalue weighted by atomic mass is 9.98. The molecule has 0 aromatic heterocycles. The molecule has 0 bridgehead atoms. The Hall–Kier alpha value is -3.82. The van der Waals surface area contributed by atoms with E-state index in [0.29, 0.717) is 22.3 Å². The van der Waals surface area contributed by atoms with E-state index in [1.54, 1.807) is 43.5 Å². The summed E-state index contributed by atoms with van der Waals surface area (Å²) in [6, 6.07) is 22.2. The van der Waals surface area contributed by atoms with Crippen LogP contribution in [0.5, 0.6) is 11.5 Å². The van der Waals surface area contributed by atoms with Crippen LogP contribution in [0.1, 0.15) is 30.0 Å². The first kappa shape index (κ1) is 25.8. The van der Waals surface area contributed by atoms with Gasteiger partial charge < -0.3 is 14.8 Å². The quantitative estimate of drug-likeness (QED) is 0.417. The molecule has 0 saturated heterocycles. The van der Waals surface area contributed by atoms with E-state index in [9.17, 15) is 9.59 Å². The number of rotatable bonds is 7. The molecule has 8 nitrogen and oxygen atoms in total. The highest BCUT2D eigenvalue weighted by atomic mass is 35.5. The Morgan fingerprint density at radius 2 is 1.74 bits per heavy atom. The Morgan fingerprint density at radius 3 is 2.39 bits per heavy atom. The minimum Gasteiger partial charge on any atom is -0.497 e. The van der Waals surface area contributed by atoms with Gasteiger partial charge in [0.05, 0.1) is 26.0 Å². The van der Waals surface area contributed by atoms with E-state index >= 15 is 0 Å². The number of hydrogen-bond acceptors (Lipinski definition) is 7. The molecule has 0 radical (unpaired) electrons. The number of carbonyl (C=O) groups excluding carboxylic acids is 2. The lowest BCUT2D eigenvalue weighted by Gasteiger charge is -2.23. The molecule has 5 rings (SSSR count). The molecule has 2 aliphatic heterocycles. The third kappa shape index (κ3) is 5.69. The van der Waals surface area contributed by atoms with Crippen LogP contribution in [-0.4, -0.2) is 47.2 Å². The van der Waals surface area contributed by atoms with E-state index < -0.39 is 5.25 Å². The molecule has 0 aliphatic carbocycles. The molecule has 38 heavy (non-hydrogen) atoms. The second kappa shape index (κ2) is 11.3. The summed E-state index contributed by atoms with van der Waals surface area (Å²) in [6.07, 6.45) is 0.603. The summed E-state index contributed by atoms with van der Waals surface area (Å²) >= 11 is 7.26. The van der Waals surface area contributed by atoms with Gasteiger partial charge >= 0.3 is 0 Å². The second-order valence-corrected chi connectivity index (χ2v) is 10.3. The maximum absolute atomic E-state index is 12.8. The Morgan fingerprint density at radius 1 is 1.05 bits per heavy atom. The van der Waals surface area contributed by atoms with Gasteiger partial charge in [-0.15, -0.1) is 0 Å². The number of anilines is 1. The fraction of sp³-hybridized carbons (Fsp3) is 0.214. The standard InChI is InChI=1S/C28H25ClN4O4S/c1-36-21-10-6-17(7-11-21)23-15-24(18-8-12-22(37-2)13-9-18)33(32-23)28-31-27(35)25(38-28)16-26(34)30-20-5-3-4-19(29)14-20/h3-14,24-25H,15-16H2,1-2H3,(H,30,34)/t24-,25-/m0/s1. The van der Waals surface area contributed by atoms with E-state index in [-0.39, 0.29) is 24.3 Å². The van der Waals surface area contributed by atoms with Gasteiger partial charge in [0.15, 0.2) is 5.17 Å². The monoisotopic (exact) mass is 548 g/mol. The molecule has 2 amide bonds. The van der Waals surface area contributed by atoms with E-state index in [4.69, 9.17) is 26.2 Å². The van der Waals surface area contributed by atoms with Gasteiger partial charge in [0.2, 0.25) is 5.91 Å². The Balaban J connectivity index is 1.36. The molecule has 0 spiro atoms. The third-order valence-corrected chi connectivity index (χ3v) is 7.62. The van der Waals surface area contributed by atoms with Crippen molar-refractivity contribution >= 4 is 51.7 Å². The van der Waals surface area contributed by atoms with Crippen LogP contribution in [0.15, 0.2) is 82.9 Å². The van der Waals surface area contributed by atoms with Crippen LogP contribution in [0.25, 0.3) is 0 Å². The lowest BCUT2D eigenvalue weighted by Crippen LogP contribution is -2.25. The van der Waals surface area contributed by atoms with Crippen molar-refractivity contribution in [2.75, 3.05) is 19.5 Å². The van der Waals surface area contributed by atoms with Crippen molar-refractivity contribution in [2.24, 2.45) is 10.1 Å². The summed E-state index contributed by atoms with van der Waals surface area (Å²) in [5.74, 6) is 0.872. The number of ether oxygens (including phenoxy) is 2. The number of hydrazone groups is 1. The zero-order valence-electron chi connectivity index (χ0n) is 20.8. The van der Waals surface area contributed by atoms with Gasteiger partial charge in [0, 0.05) is 23.6 Å². The molecule has 3 aromatic rings. The van der Waals surface area contributed by atoms with Crippen molar-refractivity contribution in [1.82, 2.24) is 5.01 Å². The first-order chi connectivity index (χ1) is 18.4. The maximum atomic E-state index is 12.8. The van der Waals surface area contributed by atoms with Gasteiger partial charge in [-0.2, -0.15) is 10.1 Å². The topological polar surface area (TPSA) is 92.6 Å². The van der Waals surface area contributed by atoms with Crippen molar-refractivity contribution in [3.8, 4) is 11.5 Å². The summed E-state index contributed by atoms with van der Waals surface area (Å²) in [4.78, 5) is 29.8. The molecule has 2 heterocycles. The minimum absolute atomic E-state index is 0.0148. The van der Waals surface area contributed by atoms with Crippen LogP contribution in [0, 0.1) is 0 Å². The normalized spacial score (nSPS) is 18.7. The molecule has 2 aliphatic rings. The fourth-order valence-electron chi connectivity index (χ4n) is 4.28. The summed E-state index contributed by atoms with van der Waals surface area (Å²) in [7, 11) is 3.25. The molecule has 10 heteroatoms. The van der Waals surface area contributed by atoms with Gasteiger partial charge in [-0.05, 0) is 65.7 Å². The van der Waals surface area contributed by atoms with Gasteiger partial charge in [-0.25, -0.2) is 5.01 Å². The zero-order valence-corrected chi connectivity index (χ0v) is 22.3. The highest BCUT2D eigenvalue weighted by molar-refractivity contribution is 8.15. The summed E-state index contributed by atoms with van der Waals surface area (Å²) in [6.45, 7) is 0. The van der Waals surface area contributed by atoms with Crippen molar-refractivity contribution < 1.29 is 19.1 Å². The van der Waals surface area contributed by atoms with E-state index in [1.165, 1.54) is 11.8 Å². The number of nitrogens with one attached hydrogen (secondary N) is 1. The smallest absolute Gasteiger partial charge is 0.262 e. The van der Waals surface area contributed by atoms with Crippen LogP contribution < -0.4 is 14.8 Å². The number of benzene rings is 3. The fourth-order valence-corrected chi connectivity index (χ4v) is 5.53. The van der Waals surface area contributed by atoms with Gasteiger partial charge in [-0.1, -0.05) is 41.6 Å². The summed E-state index contributed by atoms with van der Waals surface area (Å²) < 4.78 is 10.6. The number of nitrogens with zero attached hydrogens (tertiary/aromatic N) is 3. The van der Waals surface area contributed by atoms with Crippen molar-refractivity contribution in [1.29, 1.82) is 0 Å². The third-order valence-electron chi connectivity index (χ3n) is 6.24. The van der Waals surface area contributed by atoms with Crippen LogP contribution in [0.2, 0.25) is 5.02 Å². The molecule has 2 atom stereocenters. The summed E-state index contributed by atoms with van der Waals surface area (Å²) in [5, 5.41) is 9.82. The number of carbonyl (C=O) groups is 2. The Labute approximate surface area is 229 Å². The number of hydrogen-bond donors (Lipinski definition) is 1. The molecule has 1 N–H and O–H groups in total. The van der Waals surface area contributed by atoms with Gasteiger partial charge in [0.1, 0.15) is 16.7 Å². The predicted octanol–water partition coefficient (Wildman–Crippen LogP) is 5.54. The number of amides is 2. The summed E-state index contributed by atoms with van der Waals surface area (Å²) in [5.41, 5.74) is 3.41. The predicted molar refractivity (Wildman–Crippen MR) is 150 cm³/mol.